The molecular formula is C18H17N3OS. The van der Waals surface area contributed by atoms with Gasteiger partial charge in [0.05, 0.1) is 10.8 Å². The minimum atomic E-state index is -0.225. The van der Waals surface area contributed by atoms with Crippen molar-refractivity contribution in [2.75, 3.05) is 0 Å². The Hall–Kier alpha value is -2.40. The number of hydrogen-bond donors (Lipinski definition) is 1. The highest BCUT2D eigenvalue weighted by atomic mass is 32.2. The molecule has 2 aromatic carbocycles. The van der Waals surface area contributed by atoms with Crippen LogP contribution in [-0.4, -0.2) is 21.1 Å². The summed E-state index contributed by atoms with van der Waals surface area (Å²) < 4.78 is 0. The van der Waals surface area contributed by atoms with E-state index in [-0.39, 0.29) is 11.2 Å². The summed E-state index contributed by atoms with van der Waals surface area (Å²) in [6.45, 7) is 2.43. The van der Waals surface area contributed by atoms with Gasteiger partial charge < -0.3 is 5.32 Å². The summed E-state index contributed by atoms with van der Waals surface area (Å²) in [6.07, 6.45) is 1.54. The second-order valence-electron chi connectivity index (χ2n) is 5.16. The Morgan fingerprint density at radius 3 is 2.65 bits per heavy atom. The molecule has 0 aliphatic heterocycles. The Morgan fingerprint density at radius 2 is 1.83 bits per heavy atom. The molecule has 0 saturated heterocycles. The number of aromatic nitrogens is 2. The van der Waals surface area contributed by atoms with Crippen LogP contribution in [0, 0.1) is 0 Å². The largest absolute Gasteiger partial charge is 0.351 e. The molecule has 1 aromatic heterocycles. The van der Waals surface area contributed by atoms with E-state index in [9.17, 15) is 4.79 Å². The molecule has 0 aliphatic carbocycles. The van der Waals surface area contributed by atoms with Gasteiger partial charge in [-0.2, -0.15) is 0 Å². The first-order valence-corrected chi connectivity index (χ1v) is 8.30. The third-order valence-corrected chi connectivity index (χ3v) is 4.59. The normalized spacial score (nSPS) is 12.0. The van der Waals surface area contributed by atoms with Crippen molar-refractivity contribution in [3.8, 4) is 0 Å². The maximum Gasteiger partial charge on any atom is 0.233 e. The average molecular weight is 323 g/mol. The van der Waals surface area contributed by atoms with Crippen molar-refractivity contribution in [2.45, 2.75) is 23.7 Å². The molecule has 0 unspecified atom stereocenters. The van der Waals surface area contributed by atoms with Gasteiger partial charge in [-0.15, -0.1) is 0 Å². The van der Waals surface area contributed by atoms with Gasteiger partial charge in [-0.25, -0.2) is 9.97 Å². The second-order valence-corrected chi connectivity index (χ2v) is 6.49. The molecule has 4 nitrogen and oxygen atoms in total. The molecule has 1 N–H and O–H groups in total. The topological polar surface area (TPSA) is 54.9 Å². The van der Waals surface area contributed by atoms with Crippen LogP contribution in [0.25, 0.3) is 10.9 Å². The van der Waals surface area contributed by atoms with E-state index in [1.165, 1.54) is 11.8 Å². The average Bonchev–Trinajstić information content (AvgIpc) is 2.61. The molecule has 0 saturated carbocycles. The van der Waals surface area contributed by atoms with Gasteiger partial charge in [-0.3, -0.25) is 4.79 Å². The summed E-state index contributed by atoms with van der Waals surface area (Å²) in [5.41, 5.74) is 1.98. The van der Waals surface area contributed by atoms with Crippen molar-refractivity contribution in [1.82, 2.24) is 15.3 Å². The number of amides is 1. The van der Waals surface area contributed by atoms with E-state index in [1.807, 2.05) is 61.5 Å². The van der Waals surface area contributed by atoms with E-state index in [1.54, 1.807) is 6.33 Å². The number of thioether (sulfide) groups is 1. The molecule has 1 amide bonds. The van der Waals surface area contributed by atoms with Gasteiger partial charge in [0.15, 0.2) is 0 Å². The Kier molecular flexibility index (Phi) is 4.88. The van der Waals surface area contributed by atoms with E-state index in [2.05, 4.69) is 15.3 Å². The van der Waals surface area contributed by atoms with E-state index in [0.29, 0.717) is 6.54 Å². The Morgan fingerprint density at radius 1 is 1.09 bits per heavy atom. The van der Waals surface area contributed by atoms with Gasteiger partial charge in [-0.1, -0.05) is 60.3 Å². The predicted octanol–water partition coefficient (Wildman–Crippen LogP) is 3.43. The van der Waals surface area contributed by atoms with Crippen molar-refractivity contribution in [1.29, 1.82) is 0 Å². The van der Waals surface area contributed by atoms with Crippen LogP contribution >= 0.6 is 11.8 Å². The molecule has 1 atom stereocenters. The fourth-order valence-electron chi connectivity index (χ4n) is 2.22. The van der Waals surface area contributed by atoms with Gasteiger partial charge in [0, 0.05) is 11.9 Å². The molecule has 3 rings (SSSR count). The van der Waals surface area contributed by atoms with Crippen LogP contribution in [0.5, 0.6) is 0 Å². The van der Waals surface area contributed by atoms with Gasteiger partial charge in [0.1, 0.15) is 11.4 Å². The molecule has 23 heavy (non-hydrogen) atoms. The van der Waals surface area contributed by atoms with Gasteiger partial charge >= 0.3 is 0 Å². The number of para-hydroxylation sites is 1. The van der Waals surface area contributed by atoms with Crippen molar-refractivity contribution >= 4 is 28.6 Å². The first-order valence-electron chi connectivity index (χ1n) is 7.42. The van der Waals surface area contributed by atoms with Crippen LogP contribution < -0.4 is 5.32 Å². The molecule has 0 aliphatic rings. The zero-order valence-corrected chi connectivity index (χ0v) is 13.6. The summed E-state index contributed by atoms with van der Waals surface area (Å²) >= 11 is 1.45. The van der Waals surface area contributed by atoms with E-state index < -0.39 is 0 Å². The standard InChI is InChI=1S/C18H17N3OS/c1-13(17(22)19-11-14-7-3-2-4-8-14)23-18-15-9-5-6-10-16(15)20-12-21-18/h2-10,12-13H,11H2,1H3,(H,19,22)/t13-/m0/s1. The molecule has 116 valence electrons. The smallest absolute Gasteiger partial charge is 0.233 e. The van der Waals surface area contributed by atoms with Crippen LogP contribution in [0.1, 0.15) is 12.5 Å². The number of benzene rings is 2. The Bertz CT molecular complexity index is 802. The van der Waals surface area contributed by atoms with Crippen molar-refractivity contribution in [2.24, 2.45) is 0 Å². The lowest BCUT2D eigenvalue weighted by molar-refractivity contribution is -0.120. The van der Waals surface area contributed by atoms with Gasteiger partial charge in [0.2, 0.25) is 5.91 Å². The highest BCUT2D eigenvalue weighted by Crippen LogP contribution is 2.27. The minimum Gasteiger partial charge on any atom is -0.351 e. The van der Waals surface area contributed by atoms with Crippen molar-refractivity contribution < 1.29 is 4.79 Å². The minimum absolute atomic E-state index is 0.00143. The lowest BCUT2D eigenvalue weighted by Crippen LogP contribution is -2.30. The molecule has 0 spiro atoms. The van der Waals surface area contributed by atoms with Crippen LogP contribution in [0.15, 0.2) is 66.0 Å². The van der Waals surface area contributed by atoms with Crippen LogP contribution in [-0.2, 0) is 11.3 Å². The maximum absolute atomic E-state index is 12.3. The molecule has 3 aromatic rings. The zero-order valence-electron chi connectivity index (χ0n) is 12.8. The number of carbonyl (C=O) groups is 1. The number of nitrogens with zero attached hydrogens (tertiary/aromatic N) is 2. The lowest BCUT2D eigenvalue weighted by atomic mass is 10.2. The molecule has 0 fully saturated rings. The third kappa shape index (κ3) is 3.87. The van der Waals surface area contributed by atoms with Crippen LogP contribution in [0.4, 0.5) is 0 Å². The summed E-state index contributed by atoms with van der Waals surface area (Å²) in [5, 5.41) is 4.55. The first-order chi connectivity index (χ1) is 11.2. The fraction of sp³-hybridized carbons (Fsp3) is 0.167. The maximum atomic E-state index is 12.3. The summed E-state index contributed by atoms with van der Waals surface area (Å²) in [7, 11) is 0. The lowest BCUT2D eigenvalue weighted by Gasteiger charge is -2.12. The van der Waals surface area contributed by atoms with Crippen LogP contribution in [0.3, 0.4) is 0 Å². The highest BCUT2D eigenvalue weighted by molar-refractivity contribution is 8.00. The van der Waals surface area contributed by atoms with E-state index in [4.69, 9.17) is 0 Å². The zero-order chi connectivity index (χ0) is 16.1. The van der Waals surface area contributed by atoms with E-state index >= 15 is 0 Å². The number of fused-ring (bicyclic) bond motifs is 1. The number of carbonyl (C=O) groups excluding carboxylic acids is 1. The van der Waals surface area contributed by atoms with Crippen molar-refractivity contribution in [3.63, 3.8) is 0 Å². The Balaban J connectivity index is 1.66. The monoisotopic (exact) mass is 323 g/mol. The number of nitrogens with one attached hydrogen (secondary N) is 1. The highest BCUT2D eigenvalue weighted by Gasteiger charge is 2.16. The van der Waals surface area contributed by atoms with Crippen LogP contribution in [0.2, 0.25) is 0 Å². The SMILES string of the molecule is C[C@H](Sc1ncnc2ccccc12)C(=O)NCc1ccccc1. The molecular weight excluding hydrogens is 306 g/mol. The van der Waals surface area contributed by atoms with Gasteiger partial charge in [0.25, 0.3) is 0 Å². The second kappa shape index (κ2) is 7.24. The third-order valence-electron chi connectivity index (χ3n) is 3.47. The predicted molar refractivity (Wildman–Crippen MR) is 93.1 cm³/mol. The molecule has 0 radical (unpaired) electrons. The summed E-state index contributed by atoms with van der Waals surface area (Å²) in [6, 6.07) is 17.7. The van der Waals surface area contributed by atoms with E-state index in [0.717, 1.165) is 21.5 Å². The molecule has 5 heteroatoms. The first kappa shape index (κ1) is 15.5. The quantitative estimate of drug-likeness (QED) is 0.577. The summed E-state index contributed by atoms with van der Waals surface area (Å²) in [5.74, 6) is 0.00143. The Labute approximate surface area is 139 Å². The number of rotatable bonds is 5. The number of hydrogen-bond acceptors (Lipinski definition) is 4. The van der Waals surface area contributed by atoms with Gasteiger partial charge in [-0.05, 0) is 18.6 Å². The molecule has 0 bridgehead atoms. The molecule has 1 heterocycles. The van der Waals surface area contributed by atoms with Crippen molar-refractivity contribution in [3.05, 3.63) is 66.5 Å². The fourth-order valence-corrected chi connectivity index (χ4v) is 3.16. The summed E-state index contributed by atoms with van der Waals surface area (Å²) in [4.78, 5) is 20.8.